The number of benzene rings is 3. The Hall–Kier alpha value is -3.27. The van der Waals surface area contributed by atoms with E-state index in [1.807, 2.05) is 31.1 Å². The largest absolute Gasteiger partial charge is 0.497 e. The van der Waals surface area contributed by atoms with Crippen LogP contribution in [-0.2, 0) is 17.8 Å². The Morgan fingerprint density at radius 2 is 1.64 bits per heavy atom. The molecule has 0 aliphatic heterocycles. The summed E-state index contributed by atoms with van der Waals surface area (Å²) in [7, 11) is 5.74. The molecular formula is C29H34N2O2. The third-order valence-corrected chi connectivity index (χ3v) is 6.66. The molecule has 0 bridgehead atoms. The Labute approximate surface area is 197 Å². The fraction of sp³-hybridized carbons (Fsp3) is 0.345. The number of fused-ring (bicyclic) bond motifs is 1. The average Bonchev–Trinajstić information content (AvgIpc) is 3.25. The van der Waals surface area contributed by atoms with Gasteiger partial charge in [-0.15, -0.1) is 0 Å². The fourth-order valence-corrected chi connectivity index (χ4v) is 4.57. The van der Waals surface area contributed by atoms with Crippen LogP contribution in [0.15, 0.2) is 66.7 Å². The lowest BCUT2D eigenvalue weighted by atomic mass is 9.98. The first kappa shape index (κ1) is 22.9. The summed E-state index contributed by atoms with van der Waals surface area (Å²) in [6, 6.07) is 23.0. The van der Waals surface area contributed by atoms with Crippen LogP contribution in [0.1, 0.15) is 54.4 Å². The Balaban J connectivity index is 1.67. The summed E-state index contributed by atoms with van der Waals surface area (Å²) < 4.78 is 5.45. The van der Waals surface area contributed by atoms with Crippen molar-refractivity contribution in [1.82, 2.24) is 0 Å². The maximum atomic E-state index is 14.0. The van der Waals surface area contributed by atoms with E-state index in [4.69, 9.17) is 4.74 Å². The zero-order chi connectivity index (χ0) is 23.5. The number of nitrogens with zero attached hydrogens (tertiary/aromatic N) is 2. The number of carbonyl (C=O) groups excluding carboxylic acids is 1. The molecule has 0 saturated carbocycles. The standard InChI is InChI=1S/C29H34N2O2/c1-20(2)22-8-14-25(15-9-22)31(19-21-6-12-24(13-7-21)30(3)4)29(32)27-17-11-23-10-16-26(33-5)18-28(23)27/h6-10,12-16,18,20,27H,11,17,19H2,1-5H3. The molecule has 1 unspecified atom stereocenters. The Morgan fingerprint density at radius 3 is 2.24 bits per heavy atom. The molecule has 0 saturated heterocycles. The van der Waals surface area contributed by atoms with E-state index < -0.39 is 0 Å². The van der Waals surface area contributed by atoms with Crippen molar-refractivity contribution in [3.8, 4) is 5.75 Å². The van der Waals surface area contributed by atoms with E-state index in [0.29, 0.717) is 12.5 Å². The molecule has 1 aliphatic carbocycles. The van der Waals surface area contributed by atoms with Crippen LogP contribution in [-0.4, -0.2) is 27.1 Å². The number of carbonyl (C=O) groups is 1. The van der Waals surface area contributed by atoms with Gasteiger partial charge in [0.2, 0.25) is 5.91 Å². The van der Waals surface area contributed by atoms with E-state index in [1.165, 1.54) is 11.1 Å². The molecule has 0 aromatic heterocycles. The van der Waals surface area contributed by atoms with E-state index >= 15 is 0 Å². The number of aryl methyl sites for hydroxylation is 1. The molecule has 1 atom stereocenters. The molecule has 3 aromatic carbocycles. The summed E-state index contributed by atoms with van der Waals surface area (Å²) in [5.41, 5.74) is 6.83. The summed E-state index contributed by atoms with van der Waals surface area (Å²) in [4.78, 5) is 18.0. The third-order valence-electron chi connectivity index (χ3n) is 6.66. The van der Waals surface area contributed by atoms with Gasteiger partial charge < -0.3 is 14.5 Å². The highest BCUT2D eigenvalue weighted by atomic mass is 16.5. The van der Waals surface area contributed by atoms with Gasteiger partial charge in [-0.3, -0.25) is 4.79 Å². The van der Waals surface area contributed by atoms with Crippen LogP contribution in [0.4, 0.5) is 11.4 Å². The number of rotatable bonds is 7. The lowest BCUT2D eigenvalue weighted by Gasteiger charge is -2.27. The van der Waals surface area contributed by atoms with Crippen molar-refractivity contribution in [2.45, 2.75) is 45.1 Å². The van der Waals surface area contributed by atoms with E-state index in [0.717, 1.165) is 41.1 Å². The molecular weight excluding hydrogens is 408 g/mol. The molecule has 3 aromatic rings. The first-order valence-electron chi connectivity index (χ1n) is 11.7. The minimum Gasteiger partial charge on any atom is -0.497 e. The van der Waals surface area contributed by atoms with Gasteiger partial charge in [-0.05, 0) is 77.4 Å². The van der Waals surface area contributed by atoms with Crippen molar-refractivity contribution in [2.24, 2.45) is 0 Å². The van der Waals surface area contributed by atoms with E-state index in [2.05, 4.69) is 73.3 Å². The van der Waals surface area contributed by atoms with E-state index in [-0.39, 0.29) is 11.8 Å². The zero-order valence-electron chi connectivity index (χ0n) is 20.3. The molecule has 0 fully saturated rings. The second-order valence-electron chi connectivity index (χ2n) is 9.39. The van der Waals surface area contributed by atoms with Gasteiger partial charge in [0.05, 0.1) is 19.6 Å². The predicted molar refractivity (Wildman–Crippen MR) is 137 cm³/mol. The second-order valence-corrected chi connectivity index (χ2v) is 9.39. The Bertz CT molecular complexity index is 1100. The second kappa shape index (κ2) is 9.70. The molecule has 33 heavy (non-hydrogen) atoms. The average molecular weight is 443 g/mol. The lowest BCUT2D eigenvalue weighted by molar-refractivity contribution is -0.120. The van der Waals surface area contributed by atoms with Crippen molar-refractivity contribution in [3.05, 3.63) is 89.0 Å². The summed E-state index contributed by atoms with van der Waals surface area (Å²) in [5, 5.41) is 0. The molecule has 172 valence electrons. The highest BCUT2D eigenvalue weighted by Gasteiger charge is 2.33. The van der Waals surface area contributed by atoms with Gasteiger partial charge >= 0.3 is 0 Å². The SMILES string of the molecule is COc1ccc2c(c1)C(C(=O)N(Cc1ccc(N(C)C)cc1)c1ccc(C(C)C)cc1)CC2. The molecule has 1 aliphatic rings. The molecule has 0 spiro atoms. The van der Waals surface area contributed by atoms with Gasteiger partial charge in [-0.2, -0.15) is 0 Å². The van der Waals surface area contributed by atoms with Crippen LogP contribution in [0, 0.1) is 0 Å². The third kappa shape index (κ3) is 4.90. The van der Waals surface area contributed by atoms with Crippen LogP contribution < -0.4 is 14.5 Å². The van der Waals surface area contributed by atoms with Gasteiger partial charge in [0.15, 0.2) is 0 Å². The molecule has 0 heterocycles. The van der Waals surface area contributed by atoms with Crippen molar-refractivity contribution in [3.63, 3.8) is 0 Å². The van der Waals surface area contributed by atoms with Crippen molar-refractivity contribution in [1.29, 1.82) is 0 Å². The number of hydrogen-bond donors (Lipinski definition) is 0. The molecule has 0 N–H and O–H groups in total. The van der Waals surface area contributed by atoms with Crippen molar-refractivity contribution in [2.75, 3.05) is 31.0 Å². The van der Waals surface area contributed by atoms with Crippen LogP contribution in [0.25, 0.3) is 0 Å². The van der Waals surface area contributed by atoms with E-state index in [1.54, 1.807) is 7.11 Å². The van der Waals surface area contributed by atoms with Gasteiger partial charge in [0.25, 0.3) is 0 Å². The Morgan fingerprint density at radius 1 is 0.970 bits per heavy atom. The van der Waals surface area contributed by atoms with Crippen LogP contribution in [0.5, 0.6) is 5.75 Å². The maximum absolute atomic E-state index is 14.0. The quantitative estimate of drug-likeness (QED) is 0.440. The van der Waals surface area contributed by atoms with E-state index in [9.17, 15) is 4.79 Å². The van der Waals surface area contributed by atoms with Gasteiger partial charge in [-0.25, -0.2) is 0 Å². The number of ether oxygens (including phenoxy) is 1. The highest BCUT2D eigenvalue weighted by molar-refractivity contribution is 5.98. The first-order valence-corrected chi connectivity index (χ1v) is 11.7. The van der Waals surface area contributed by atoms with Gasteiger partial charge in [0.1, 0.15) is 5.75 Å². The zero-order valence-corrected chi connectivity index (χ0v) is 20.3. The molecule has 4 nitrogen and oxygen atoms in total. The smallest absolute Gasteiger partial charge is 0.234 e. The van der Waals surface area contributed by atoms with Crippen LogP contribution >= 0.6 is 0 Å². The number of hydrogen-bond acceptors (Lipinski definition) is 3. The van der Waals surface area contributed by atoms with Crippen LogP contribution in [0.2, 0.25) is 0 Å². The lowest BCUT2D eigenvalue weighted by Crippen LogP contribution is -2.34. The normalized spacial score (nSPS) is 14.8. The minimum atomic E-state index is -0.152. The van der Waals surface area contributed by atoms with Crippen LogP contribution in [0.3, 0.4) is 0 Å². The summed E-state index contributed by atoms with van der Waals surface area (Å²) >= 11 is 0. The number of methoxy groups -OCH3 is 1. The molecule has 1 amide bonds. The first-order chi connectivity index (χ1) is 15.9. The van der Waals surface area contributed by atoms with Gasteiger partial charge in [0, 0.05) is 25.5 Å². The summed E-state index contributed by atoms with van der Waals surface area (Å²) in [6.07, 6.45) is 1.76. The Kier molecular flexibility index (Phi) is 6.73. The topological polar surface area (TPSA) is 32.8 Å². The monoisotopic (exact) mass is 442 g/mol. The molecule has 4 heteroatoms. The molecule has 0 radical (unpaired) electrons. The number of anilines is 2. The predicted octanol–water partition coefficient (Wildman–Crippen LogP) is 6.15. The van der Waals surface area contributed by atoms with Crippen molar-refractivity contribution >= 4 is 17.3 Å². The molecule has 4 rings (SSSR count). The number of amides is 1. The summed E-state index contributed by atoms with van der Waals surface area (Å²) in [6.45, 7) is 4.92. The summed E-state index contributed by atoms with van der Waals surface area (Å²) in [5.74, 6) is 1.26. The highest BCUT2D eigenvalue weighted by Crippen LogP contribution is 2.38. The van der Waals surface area contributed by atoms with Gasteiger partial charge in [-0.1, -0.05) is 44.2 Å². The maximum Gasteiger partial charge on any atom is 0.234 e. The van der Waals surface area contributed by atoms with Crippen molar-refractivity contribution < 1.29 is 9.53 Å². The fourth-order valence-electron chi connectivity index (χ4n) is 4.57. The minimum absolute atomic E-state index is 0.149.